The Kier molecular flexibility index (Phi) is 6.58. The predicted octanol–water partition coefficient (Wildman–Crippen LogP) is 5.53. The molecule has 4 rings (SSSR count). The topological polar surface area (TPSA) is 92.2 Å². The zero-order valence-electron chi connectivity index (χ0n) is 18.3. The van der Waals surface area contributed by atoms with Crippen LogP contribution >= 0.6 is 23.2 Å². The lowest BCUT2D eigenvalue weighted by atomic mass is 10.1. The van der Waals surface area contributed by atoms with E-state index in [1.807, 2.05) is 19.9 Å². The van der Waals surface area contributed by atoms with Gasteiger partial charge < -0.3 is 10.6 Å². The molecule has 1 aromatic heterocycles. The van der Waals surface area contributed by atoms with Crippen LogP contribution in [-0.4, -0.2) is 22.4 Å². The Morgan fingerprint density at radius 2 is 1.38 bits per heavy atom. The molecule has 34 heavy (non-hydrogen) atoms. The van der Waals surface area contributed by atoms with E-state index in [4.69, 9.17) is 23.2 Å². The first-order valence-corrected chi connectivity index (χ1v) is 11.0. The van der Waals surface area contributed by atoms with Gasteiger partial charge in [-0.2, -0.15) is 0 Å². The van der Waals surface area contributed by atoms with Crippen LogP contribution in [-0.2, 0) is 9.59 Å². The van der Waals surface area contributed by atoms with Crippen LogP contribution in [0.5, 0.6) is 0 Å². The van der Waals surface area contributed by atoms with Gasteiger partial charge in [0.2, 0.25) is 0 Å². The summed E-state index contributed by atoms with van der Waals surface area (Å²) in [7, 11) is 0. The second kappa shape index (κ2) is 9.59. The highest BCUT2D eigenvalue weighted by Crippen LogP contribution is 2.24. The van der Waals surface area contributed by atoms with Crippen LogP contribution in [0.25, 0.3) is 10.9 Å². The summed E-state index contributed by atoms with van der Waals surface area (Å²) in [6.45, 7) is 3.86. The first-order chi connectivity index (χ1) is 16.2. The SMILES string of the molecule is Cc1ccc(NC(=O)C(=O)Nn2c(C(=O)Nc3ccc(Cl)cc3)cc3cc(Cl)ccc32)cc1C. The fraction of sp³-hybridized carbons (Fsp3) is 0.0800. The first kappa shape index (κ1) is 23.4. The van der Waals surface area contributed by atoms with E-state index in [-0.39, 0.29) is 5.69 Å². The number of nitrogens with one attached hydrogen (secondary N) is 3. The third-order valence-electron chi connectivity index (χ3n) is 5.28. The van der Waals surface area contributed by atoms with Crippen LogP contribution in [0.4, 0.5) is 11.4 Å². The van der Waals surface area contributed by atoms with Gasteiger partial charge >= 0.3 is 11.8 Å². The molecule has 0 atom stereocenters. The van der Waals surface area contributed by atoms with Crippen LogP contribution in [0, 0.1) is 13.8 Å². The summed E-state index contributed by atoms with van der Waals surface area (Å²) in [5, 5.41) is 6.94. The number of halogens is 2. The highest BCUT2D eigenvalue weighted by atomic mass is 35.5. The number of carbonyl (C=O) groups excluding carboxylic acids is 3. The summed E-state index contributed by atoms with van der Waals surface area (Å²) in [6.07, 6.45) is 0. The second-order valence-electron chi connectivity index (χ2n) is 7.72. The Morgan fingerprint density at radius 1 is 0.706 bits per heavy atom. The molecule has 0 radical (unpaired) electrons. The van der Waals surface area contributed by atoms with Crippen molar-refractivity contribution in [1.82, 2.24) is 4.68 Å². The minimum atomic E-state index is -0.939. The number of hydrogen-bond donors (Lipinski definition) is 3. The van der Waals surface area contributed by atoms with E-state index < -0.39 is 17.7 Å². The summed E-state index contributed by atoms with van der Waals surface area (Å²) in [4.78, 5) is 38.3. The lowest BCUT2D eigenvalue weighted by Gasteiger charge is -2.13. The van der Waals surface area contributed by atoms with E-state index in [1.54, 1.807) is 60.7 Å². The van der Waals surface area contributed by atoms with Crippen LogP contribution in [0.2, 0.25) is 10.0 Å². The van der Waals surface area contributed by atoms with Crippen molar-refractivity contribution in [3.05, 3.63) is 93.6 Å². The van der Waals surface area contributed by atoms with Gasteiger partial charge in [0.05, 0.1) is 5.52 Å². The zero-order chi connectivity index (χ0) is 24.4. The van der Waals surface area contributed by atoms with Crippen LogP contribution < -0.4 is 16.1 Å². The largest absolute Gasteiger partial charge is 0.328 e. The van der Waals surface area contributed by atoms with Crippen molar-refractivity contribution in [2.24, 2.45) is 0 Å². The molecule has 0 saturated carbocycles. The zero-order valence-corrected chi connectivity index (χ0v) is 19.8. The third-order valence-corrected chi connectivity index (χ3v) is 5.77. The molecule has 4 aromatic rings. The quantitative estimate of drug-likeness (QED) is 0.326. The van der Waals surface area contributed by atoms with E-state index in [1.165, 1.54) is 4.68 Å². The molecule has 3 N–H and O–H groups in total. The Balaban J connectivity index is 1.61. The van der Waals surface area contributed by atoms with Crippen molar-refractivity contribution >= 4 is 63.2 Å². The molecular weight excluding hydrogens is 475 g/mol. The summed E-state index contributed by atoms with van der Waals surface area (Å²) in [6, 6.07) is 18.5. The van der Waals surface area contributed by atoms with Gasteiger partial charge in [0.1, 0.15) is 5.69 Å². The van der Waals surface area contributed by atoms with E-state index >= 15 is 0 Å². The number of fused-ring (bicyclic) bond motifs is 1. The van der Waals surface area contributed by atoms with Gasteiger partial charge in [-0.05, 0) is 85.6 Å². The van der Waals surface area contributed by atoms with E-state index in [9.17, 15) is 14.4 Å². The van der Waals surface area contributed by atoms with Crippen molar-refractivity contribution < 1.29 is 14.4 Å². The molecule has 0 fully saturated rings. The maximum absolute atomic E-state index is 13.0. The maximum Gasteiger partial charge on any atom is 0.328 e. The van der Waals surface area contributed by atoms with Crippen LogP contribution in [0.15, 0.2) is 66.7 Å². The predicted molar refractivity (Wildman–Crippen MR) is 135 cm³/mol. The number of nitrogens with zero attached hydrogens (tertiary/aromatic N) is 1. The van der Waals surface area contributed by atoms with E-state index in [2.05, 4.69) is 16.1 Å². The lowest BCUT2D eigenvalue weighted by molar-refractivity contribution is -0.133. The molecular formula is C25H20Cl2N4O3. The molecule has 0 aliphatic carbocycles. The highest BCUT2D eigenvalue weighted by molar-refractivity contribution is 6.42. The average molecular weight is 495 g/mol. The molecule has 3 aromatic carbocycles. The van der Waals surface area contributed by atoms with Crippen molar-refractivity contribution in [2.75, 3.05) is 16.1 Å². The van der Waals surface area contributed by atoms with Crippen molar-refractivity contribution in [3.63, 3.8) is 0 Å². The number of amides is 3. The normalized spacial score (nSPS) is 10.7. The summed E-state index contributed by atoms with van der Waals surface area (Å²) in [5.41, 5.74) is 6.18. The first-order valence-electron chi connectivity index (χ1n) is 10.3. The minimum Gasteiger partial charge on any atom is -0.321 e. The molecule has 172 valence electrons. The molecule has 9 heteroatoms. The Hall–Kier alpha value is -3.81. The summed E-state index contributed by atoms with van der Waals surface area (Å²) < 4.78 is 1.26. The lowest BCUT2D eigenvalue weighted by Crippen LogP contribution is -2.36. The molecule has 1 heterocycles. The molecule has 0 aliphatic rings. The molecule has 0 aliphatic heterocycles. The number of aromatic nitrogens is 1. The second-order valence-corrected chi connectivity index (χ2v) is 8.60. The third kappa shape index (κ3) is 5.06. The standard InChI is InChI=1S/C25H20Cl2N4O3/c1-14-3-7-20(11-15(14)2)29-24(33)25(34)30-31-21-10-6-18(27)12-16(21)13-22(31)23(32)28-19-8-4-17(26)5-9-19/h3-13H,1-2H3,(H,28,32)(H,29,33)(H,30,34). The van der Waals surface area contributed by atoms with E-state index in [0.29, 0.717) is 32.3 Å². The van der Waals surface area contributed by atoms with Gasteiger partial charge in [-0.3, -0.25) is 19.8 Å². The van der Waals surface area contributed by atoms with Gasteiger partial charge in [-0.1, -0.05) is 29.3 Å². The Labute approximate surface area is 205 Å². The van der Waals surface area contributed by atoms with Crippen molar-refractivity contribution in [3.8, 4) is 0 Å². The van der Waals surface area contributed by atoms with Gasteiger partial charge in [0, 0.05) is 26.8 Å². The number of aryl methyl sites for hydroxylation is 2. The molecule has 0 spiro atoms. The van der Waals surface area contributed by atoms with Gasteiger partial charge in [0.15, 0.2) is 0 Å². The number of rotatable bonds is 4. The fourth-order valence-electron chi connectivity index (χ4n) is 3.36. The summed E-state index contributed by atoms with van der Waals surface area (Å²) >= 11 is 12.0. The van der Waals surface area contributed by atoms with Crippen LogP contribution in [0.1, 0.15) is 21.6 Å². The highest BCUT2D eigenvalue weighted by Gasteiger charge is 2.21. The van der Waals surface area contributed by atoms with Crippen molar-refractivity contribution in [2.45, 2.75) is 13.8 Å². The Morgan fingerprint density at radius 3 is 2.09 bits per heavy atom. The molecule has 0 unspecified atom stereocenters. The molecule has 7 nitrogen and oxygen atoms in total. The number of anilines is 2. The average Bonchev–Trinajstić information content (AvgIpc) is 3.15. The summed E-state index contributed by atoms with van der Waals surface area (Å²) in [5.74, 6) is -2.31. The molecule has 3 amide bonds. The monoisotopic (exact) mass is 494 g/mol. The fourth-order valence-corrected chi connectivity index (χ4v) is 3.67. The smallest absolute Gasteiger partial charge is 0.321 e. The van der Waals surface area contributed by atoms with Gasteiger partial charge in [-0.25, -0.2) is 4.68 Å². The van der Waals surface area contributed by atoms with Gasteiger partial charge in [0.25, 0.3) is 5.91 Å². The molecule has 0 bridgehead atoms. The van der Waals surface area contributed by atoms with Crippen molar-refractivity contribution in [1.29, 1.82) is 0 Å². The number of benzene rings is 3. The maximum atomic E-state index is 13.0. The molecule has 0 saturated heterocycles. The number of carbonyl (C=O) groups is 3. The minimum absolute atomic E-state index is 0.111. The number of hydrogen-bond acceptors (Lipinski definition) is 3. The van der Waals surface area contributed by atoms with Gasteiger partial charge in [-0.15, -0.1) is 0 Å². The van der Waals surface area contributed by atoms with Crippen LogP contribution in [0.3, 0.4) is 0 Å². The van der Waals surface area contributed by atoms with E-state index in [0.717, 1.165) is 11.1 Å². The Bertz CT molecular complexity index is 1430.